The second-order valence-electron chi connectivity index (χ2n) is 10.2. The van der Waals surface area contributed by atoms with E-state index in [1.54, 1.807) is 11.1 Å². The molecule has 5 rings (SSSR count). The summed E-state index contributed by atoms with van der Waals surface area (Å²) in [4.78, 5) is 0. The molecular weight excluding hydrogens is 464 g/mol. The molecule has 0 radical (unpaired) electrons. The Morgan fingerprint density at radius 1 is 0.656 bits per heavy atom. The maximum atomic E-state index is 2.67. The van der Waals surface area contributed by atoms with Gasteiger partial charge in [0.15, 0.2) is 0 Å². The number of rotatable bonds is 8. The van der Waals surface area contributed by atoms with Crippen molar-refractivity contribution in [3.8, 4) is 0 Å². The van der Waals surface area contributed by atoms with Gasteiger partial charge in [-0.1, -0.05) is 0 Å². The van der Waals surface area contributed by atoms with Gasteiger partial charge in [-0.2, -0.15) is 0 Å². The second kappa shape index (κ2) is 10.0. The molecule has 164 valence electrons. The van der Waals surface area contributed by atoms with Gasteiger partial charge in [0.2, 0.25) is 0 Å². The number of benzene rings is 2. The van der Waals surface area contributed by atoms with Crippen molar-refractivity contribution in [2.45, 2.75) is 53.5 Å². The molecule has 0 aromatic heterocycles. The first-order chi connectivity index (χ1) is 15.8. The summed E-state index contributed by atoms with van der Waals surface area (Å²) in [6.07, 6.45) is 28.4. The van der Waals surface area contributed by atoms with E-state index in [9.17, 15) is 0 Å². The van der Waals surface area contributed by atoms with Crippen LogP contribution < -0.4 is 0 Å². The molecule has 3 aliphatic rings. The van der Waals surface area contributed by atoms with Gasteiger partial charge in [0, 0.05) is 0 Å². The van der Waals surface area contributed by atoms with Crippen LogP contribution in [0.4, 0.5) is 0 Å². The first-order valence-electron chi connectivity index (χ1n) is 12.6. The molecule has 0 N–H and O–H groups in total. The molecule has 1 heteroatoms. The summed E-state index contributed by atoms with van der Waals surface area (Å²) in [5.74, 6) is 0.883. The fraction of sp³-hybridized carbons (Fsp3) is 0.355. The Bertz CT molecular complexity index is 924. The van der Waals surface area contributed by atoms with E-state index in [0.29, 0.717) is 3.63 Å². The first-order valence-corrected chi connectivity index (χ1v) is 18.7. The van der Waals surface area contributed by atoms with Gasteiger partial charge in [-0.05, 0) is 0 Å². The van der Waals surface area contributed by atoms with E-state index >= 15 is 0 Å². The standard InChI is InChI=1S/C12H17.2C7H7.C5H5.Zr/c1-2-6-11(7-3-1)10-12-8-4-5-9-12;2*1-7-5-3-2-4-6-7;1-2-4-5-3-1;/h4-5,8-9,11H,1-3,6-7,10H2;2*2-6H,1H2;1-5H;. The van der Waals surface area contributed by atoms with Gasteiger partial charge in [0.05, 0.1) is 0 Å². The van der Waals surface area contributed by atoms with E-state index < -0.39 is 20.3 Å². The van der Waals surface area contributed by atoms with Crippen molar-refractivity contribution in [2.24, 2.45) is 5.92 Å². The van der Waals surface area contributed by atoms with Crippen molar-refractivity contribution < 1.29 is 20.3 Å². The van der Waals surface area contributed by atoms with Crippen LogP contribution >= 0.6 is 0 Å². The van der Waals surface area contributed by atoms with E-state index in [1.807, 2.05) is 0 Å². The Morgan fingerprint density at radius 3 is 1.72 bits per heavy atom. The summed E-state index contributed by atoms with van der Waals surface area (Å²) in [5, 5.41) is 0. The van der Waals surface area contributed by atoms with Gasteiger partial charge in [-0.15, -0.1) is 0 Å². The summed E-state index contributed by atoms with van der Waals surface area (Å²) in [7, 11) is 0. The topological polar surface area (TPSA) is 0 Å². The average molecular weight is 500 g/mol. The van der Waals surface area contributed by atoms with Gasteiger partial charge in [0.1, 0.15) is 0 Å². The zero-order valence-corrected chi connectivity index (χ0v) is 21.7. The molecule has 0 spiro atoms. The van der Waals surface area contributed by atoms with Crippen LogP contribution in [0, 0.1) is 5.92 Å². The first kappa shape index (κ1) is 22.1. The van der Waals surface area contributed by atoms with Gasteiger partial charge >= 0.3 is 200 Å². The molecule has 1 fully saturated rings. The van der Waals surface area contributed by atoms with E-state index in [-0.39, 0.29) is 3.12 Å². The monoisotopic (exact) mass is 498 g/mol. The minimum atomic E-state index is -3.05. The van der Waals surface area contributed by atoms with Crippen LogP contribution in [0.15, 0.2) is 109 Å². The van der Waals surface area contributed by atoms with Crippen molar-refractivity contribution >= 4 is 0 Å². The zero-order chi connectivity index (χ0) is 21.7. The Morgan fingerprint density at radius 2 is 1.19 bits per heavy atom. The van der Waals surface area contributed by atoms with Crippen LogP contribution in [0.1, 0.15) is 49.7 Å². The third-order valence-corrected chi connectivity index (χ3v) is 23.4. The minimum absolute atomic E-state index is 0.284. The quantitative estimate of drug-likeness (QED) is 0.341. The van der Waals surface area contributed by atoms with Crippen molar-refractivity contribution in [3.05, 3.63) is 120 Å². The molecule has 0 heterocycles. The van der Waals surface area contributed by atoms with Crippen LogP contribution in [0.25, 0.3) is 0 Å². The summed E-state index contributed by atoms with van der Waals surface area (Å²) in [6, 6.07) is 22.8. The molecule has 0 unspecified atom stereocenters. The van der Waals surface area contributed by atoms with E-state index in [0.717, 1.165) is 5.92 Å². The van der Waals surface area contributed by atoms with Crippen molar-refractivity contribution in [2.75, 3.05) is 0 Å². The predicted molar refractivity (Wildman–Crippen MR) is 134 cm³/mol. The van der Waals surface area contributed by atoms with E-state index in [2.05, 4.69) is 109 Å². The number of hydrogen-bond acceptors (Lipinski definition) is 0. The Balaban J connectivity index is 1.63. The van der Waals surface area contributed by atoms with Crippen molar-refractivity contribution in [3.63, 3.8) is 0 Å². The molecule has 0 nitrogen and oxygen atoms in total. The fourth-order valence-corrected chi connectivity index (χ4v) is 22.2. The maximum absolute atomic E-state index is 3.05. The van der Waals surface area contributed by atoms with Gasteiger partial charge < -0.3 is 0 Å². The van der Waals surface area contributed by atoms with E-state index in [4.69, 9.17) is 0 Å². The number of hydrogen-bond donors (Lipinski definition) is 0. The normalized spacial score (nSPS) is 20.4. The summed E-state index contributed by atoms with van der Waals surface area (Å²) < 4.78 is 3.52. The van der Waals surface area contributed by atoms with Crippen LogP contribution in [0.3, 0.4) is 0 Å². The van der Waals surface area contributed by atoms with Gasteiger partial charge in [-0.3, -0.25) is 0 Å². The third kappa shape index (κ3) is 4.52. The summed E-state index contributed by atoms with van der Waals surface area (Å²) in [6.45, 7) is 0. The van der Waals surface area contributed by atoms with Gasteiger partial charge in [-0.25, -0.2) is 0 Å². The molecule has 2 aromatic rings. The molecule has 0 saturated heterocycles. The summed E-state index contributed by atoms with van der Waals surface area (Å²) >= 11 is -3.05. The Hall–Kier alpha value is -1.72. The molecule has 3 aliphatic carbocycles. The molecule has 32 heavy (non-hydrogen) atoms. The third-order valence-electron chi connectivity index (χ3n) is 8.29. The molecule has 0 aliphatic heterocycles. The Labute approximate surface area is 199 Å². The summed E-state index contributed by atoms with van der Waals surface area (Å²) in [5.41, 5.74) is 3.09. The van der Waals surface area contributed by atoms with Crippen LogP contribution in [-0.2, 0) is 28.5 Å². The predicted octanol–water partition coefficient (Wildman–Crippen LogP) is 8.71. The molecule has 0 amide bonds. The van der Waals surface area contributed by atoms with Crippen LogP contribution in [0.5, 0.6) is 0 Å². The van der Waals surface area contributed by atoms with Crippen molar-refractivity contribution in [1.82, 2.24) is 0 Å². The molecule has 0 bridgehead atoms. The van der Waals surface area contributed by atoms with Crippen LogP contribution in [-0.4, -0.2) is 0 Å². The molecule has 0 atom stereocenters. The SMILES string of the molecule is C1=C[CH]([Zr]([CH2]c2ccccc2)([CH2]c2ccccc2)[C]2(CC3CCCCC3)C=CC=C2)C=C1. The second-order valence-corrected chi connectivity index (χ2v) is 21.6. The molecular formula is C31H36Zr. The zero-order valence-electron chi connectivity index (χ0n) is 19.2. The average Bonchev–Trinajstić information content (AvgIpc) is 3.54. The molecule has 2 aromatic carbocycles. The Kier molecular flexibility index (Phi) is 6.94. The van der Waals surface area contributed by atoms with Crippen LogP contribution in [0.2, 0.25) is 6.75 Å². The molecule has 1 saturated carbocycles. The van der Waals surface area contributed by atoms with E-state index in [1.165, 1.54) is 46.8 Å². The number of allylic oxidation sites excluding steroid dienone is 8. The van der Waals surface area contributed by atoms with Gasteiger partial charge in [0.25, 0.3) is 0 Å². The fourth-order valence-electron chi connectivity index (χ4n) is 6.71. The van der Waals surface area contributed by atoms with Crippen molar-refractivity contribution in [1.29, 1.82) is 0 Å².